The van der Waals surface area contributed by atoms with Gasteiger partial charge in [-0.3, -0.25) is 24.6 Å². The molecule has 31 heavy (non-hydrogen) atoms. The molecule has 156 valence electrons. The van der Waals surface area contributed by atoms with Gasteiger partial charge in [-0.25, -0.2) is 4.39 Å². The van der Waals surface area contributed by atoms with Crippen molar-refractivity contribution >= 4 is 39.6 Å². The zero-order valence-electron chi connectivity index (χ0n) is 15.9. The molecule has 1 aliphatic heterocycles. The Morgan fingerprint density at radius 1 is 1.13 bits per heavy atom. The molecule has 4 rings (SSSR count). The molecule has 1 N–H and O–H groups in total. The van der Waals surface area contributed by atoms with Crippen LogP contribution in [0, 0.1) is 22.9 Å². The highest BCUT2D eigenvalue weighted by Crippen LogP contribution is 2.43. The Labute approximate surface area is 178 Å². The lowest BCUT2D eigenvalue weighted by atomic mass is 9.95. The maximum absolute atomic E-state index is 13.3. The van der Waals surface area contributed by atoms with Gasteiger partial charge < -0.3 is 5.11 Å². The van der Waals surface area contributed by atoms with Gasteiger partial charge in [0.05, 0.1) is 16.5 Å². The molecule has 0 unspecified atom stereocenters. The van der Waals surface area contributed by atoms with Crippen molar-refractivity contribution in [2.24, 2.45) is 0 Å². The smallest absolute Gasteiger partial charge is 0.301 e. The van der Waals surface area contributed by atoms with Crippen LogP contribution in [0.4, 0.5) is 15.2 Å². The molecule has 1 aromatic heterocycles. The van der Waals surface area contributed by atoms with Crippen molar-refractivity contribution in [1.29, 1.82) is 0 Å². The first-order valence-electron chi connectivity index (χ1n) is 8.89. The molecule has 1 saturated heterocycles. The number of Topliss-reactive ketones (excluding diaryl/α,β-unsaturated/α-hetero) is 1. The van der Waals surface area contributed by atoms with E-state index in [9.17, 15) is 29.2 Å². The highest BCUT2D eigenvalue weighted by atomic mass is 32.1. The minimum absolute atomic E-state index is 0.139. The predicted molar refractivity (Wildman–Crippen MR) is 109 cm³/mol. The summed E-state index contributed by atoms with van der Waals surface area (Å²) in [6.07, 6.45) is 0. The molecular formula is C20H13FN4O5S. The quantitative estimate of drug-likeness (QED) is 0.216. The van der Waals surface area contributed by atoms with Crippen molar-refractivity contribution in [3.63, 3.8) is 0 Å². The third kappa shape index (κ3) is 3.55. The average molecular weight is 440 g/mol. The van der Waals surface area contributed by atoms with Crippen molar-refractivity contribution < 1.29 is 24.0 Å². The van der Waals surface area contributed by atoms with Crippen LogP contribution in [0.1, 0.15) is 22.2 Å². The van der Waals surface area contributed by atoms with Gasteiger partial charge >= 0.3 is 5.91 Å². The number of nitro groups is 1. The number of nitrogens with zero attached hydrogens (tertiary/aromatic N) is 4. The number of benzene rings is 2. The number of nitro benzene ring substituents is 1. The van der Waals surface area contributed by atoms with Crippen LogP contribution in [0.15, 0.2) is 54.1 Å². The van der Waals surface area contributed by atoms with Gasteiger partial charge in [0.1, 0.15) is 16.6 Å². The summed E-state index contributed by atoms with van der Waals surface area (Å²) < 4.78 is 13.3. The first-order chi connectivity index (χ1) is 14.8. The lowest BCUT2D eigenvalue weighted by Gasteiger charge is -2.22. The van der Waals surface area contributed by atoms with E-state index in [1.54, 1.807) is 6.92 Å². The summed E-state index contributed by atoms with van der Waals surface area (Å²) in [5.74, 6) is -2.92. The summed E-state index contributed by atoms with van der Waals surface area (Å²) in [5.41, 5.74) is 0.0744. The Morgan fingerprint density at radius 3 is 2.32 bits per heavy atom. The molecule has 2 heterocycles. The second kappa shape index (κ2) is 7.69. The number of aryl methyl sites for hydroxylation is 1. The normalized spacial score (nSPS) is 17.9. The van der Waals surface area contributed by atoms with Crippen LogP contribution in [0.25, 0.3) is 5.76 Å². The topological polar surface area (TPSA) is 127 Å². The molecule has 9 nitrogen and oxygen atoms in total. The second-order valence-electron chi connectivity index (χ2n) is 6.63. The number of aromatic nitrogens is 2. The number of halogens is 1. The fourth-order valence-electron chi connectivity index (χ4n) is 3.27. The highest BCUT2D eigenvalue weighted by Gasteiger charge is 2.48. The van der Waals surface area contributed by atoms with Crippen LogP contribution in [-0.2, 0) is 9.59 Å². The Bertz CT molecular complexity index is 1240. The number of carbonyl (C=O) groups is 2. The summed E-state index contributed by atoms with van der Waals surface area (Å²) in [7, 11) is 0. The Hall–Kier alpha value is -3.99. The molecule has 0 radical (unpaired) electrons. The summed E-state index contributed by atoms with van der Waals surface area (Å²) >= 11 is 1.08. The minimum Gasteiger partial charge on any atom is -0.507 e. The standard InChI is InChI=1S/C20H13FN4O5S/c1-10-22-23-20(31-10)24-16(11-4-8-14(9-5-11)25(29)30)15(18(27)19(24)28)17(26)12-2-6-13(21)7-3-12/h2-9,16,26H,1H3/b17-15+/t16-/m1/s1. The predicted octanol–water partition coefficient (Wildman–Crippen LogP) is 3.52. The van der Waals surface area contributed by atoms with Crippen LogP contribution < -0.4 is 4.90 Å². The number of hydrogen-bond acceptors (Lipinski definition) is 8. The highest BCUT2D eigenvalue weighted by molar-refractivity contribution is 7.15. The monoisotopic (exact) mass is 440 g/mol. The van der Waals surface area contributed by atoms with Crippen molar-refractivity contribution in [3.8, 4) is 0 Å². The van der Waals surface area contributed by atoms with E-state index in [-0.39, 0.29) is 22.0 Å². The van der Waals surface area contributed by atoms with Gasteiger partial charge in [-0.2, -0.15) is 0 Å². The number of anilines is 1. The van der Waals surface area contributed by atoms with Crippen LogP contribution in [0.3, 0.4) is 0 Å². The minimum atomic E-state index is -1.10. The van der Waals surface area contributed by atoms with E-state index in [4.69, 9.17) is 0 Å². The van der Waals surface area contributed by atoms with E-state index < -0.39 is 34.2 Å². The second-order valence-corrected chi connectivity index (χ2v) is 7.79. The van der Waals surface area contributed by atoms with E-state index in [0.717, 1.165) is 28.4 Å². The maximum Gasteiger partial charge on any atom is 0.301 e. The van der Waals surface area contributed by atoms with Gasteiger partial charge in [-0.15, -0.1) is 10.2 Å². The van der Waals surface area contributed by atoms with Crippen LogP contribution in [-0.4, -0.2) is 31.9 Å². The first-order valence-corrected chi connectivity index (χ1v) is 9.71. The number of ketones is 1. The Balaban J connectivity index is 1.92. The number of aliphatic hydroxyl groups excluding tert-OH is 1. The number of non-ortho nitro benzene ring substituents is 1. The van der Waals surface area contributed by atoms with E-state index in [1.807, 2.05) is 0 Å². The molecule has 1 amide bonds. The third-order valence-electron chi connectivity index (χ3n) is 4.70. The lowest BCUT2D eigenvalue weighted by molar-refractivity contribution is -0.384. The molecule has 0 aliphatic carbocycles. The number of carbonyl (C=O) groups excluding carboxylic acids is 2. The summed E-state index contributed by atoms with van der Waals surface area (Å²) in [6.45, 7) is 1.68. The molecule has 3 aromatic rings. The van der Waals surface area contributed by atoms with Gasteiger partial charge in [0.25, 0.3) is 11.5 Å². The van der Waals surface area contributed by atoms with Gasteiger partial charge in [0.2, 0.25) is 5.13 Å². The van der Waals surface area contributed by atoms with E-state index in [2.05, 4.69) is 10.2 Å². The molecule has 0 spiro atoms. The maximum atomic E-state index is 13.3. The molecule has 0 saturated carbocycles. The van der Waals surface area contributed by atoms with Gasteiger partial charge in [-0.05, 0) is 48.9 Å². The van der Waals surface area contributed by atoms with E-state index in [1.165, 1.54) is 36.4 Å². The van der Waals surface area contributed by atoms with Crippen molar-refractivity contribution in [1.82, 2.24) is 10.2 Å². The Kier molecular flexibility index (Phi) is 5.03. The number of aliphatic hydroxyl groups is 1. The van der Waals surface area contributed by atoms with Gasteiger partial charge in [0, 0.05) is 17.7 Å². The molecule has 1 fully saturated rings. The fraction of sp³-hybridized carbons (Fsp3) is 0.100. The van der Waals surface area contributed by atoms with Crippen LogP contribution in [0.5, 0.6) is 0 Å². The average Bonchev–Trinajstić information content (AvgIpc) is 3.29. The SMILES string of the molecule is Cc1nnc(N2C(=O)C(=O)/C(=C(/O)c3ccc(F)cc3)[C@H]2c2ccc([N+](=O)[O-])cc2)s1. The number of hydrogen-bond donors (Lipinski definition) is 1. The van der Waals surface area contributed by atoms with Crippen LogP contribution in [0.2, 0.25) is 0 Å². The summed E-state index contributed by atoms with van der Waals surface area (Å²) in [5, 5.41) is 30.4. The summed E-state index contributed by atoms with van der Waals surface area (Å²) in [4.78, 5) is 37.3. The van der Waals surface area contributed by atoms with Crippen molar-refractivity contribution in [3.05, 3.63) is 86.2 Å². The zero-order valence-corrected chi connectivity index (χ0v) is 16.7. The fourth-order valence-corrected chi connectivity index (χ4v) is 3.98. The molecule has 2 aromatic carbocycles. The molecule has 0 bridgehead atoms. The van der Waals surface area contributed by atoms with Gasteiger partial charge in [0.15, 0.2) is 0 Å². The number of amides is 1. The lowest BCUT2D eigenvalue weighted by Crippen LogP contribution is -2.29. The van der Waals surface area contributed by atoms with Gasteiger partial charge in [-0.1, -0.05) is 11.3 Å². The van der Waals surface area contributed by atoms with Crippen LogP contribution >= 0.6 is 11.3 Å². The van der Waals surface area contributed by atoms with E-state index >= 15 is 0 Å². The third-order valence-corrected chi connectivity index (χ3v) is 5.54. The first kappa shape index (κ1) is 20.3. The summed E-state index contributed by atoms with van der Waals surface area (Å²) in [6, 6.07) is 8.94. The van der Waals surface area contributed by atoms with Crippen molar-refractivity contribution in [2.45, 2.75) is 13.0 Å². The van der Waals surface area contributed by atoms with E-state index in [0.29, 0.717) is 10.6 Å². The Morgan fingerprint density at radius 2 is 1.77 bits per heavy atom. The molecule has 1 atom stereocenters. The largest absolute Gasteiger partial charge is 0.507 e. The zero-order chi connectivity index (χ0) is 22.3. The van der Waals surface area contributed by atoms with Crippen molar-refractivity contribution in [2.75, 3.05) is 4.90 Å². The molecule has 11 heteroatoms. The number of rotatable bonds is 4. The molecular weight excluding hydrogens is 427 g/mol. The molecule has 1 aliphatic rings.